The summed E-state index contributed by atoms with van der Waals surface area (Å²) < 4.78 is 0. The molecule has 7 nitrogen and oxygen atoms in total. The van der Waals surface area contributed by atoms with Gasteiger partial charge in [-0.05, 0) is 51.1 Å². The number of hydrogen-bond acceptors (Lipinski definition) is 6. The van der Waals surface area contributed by atoms with E-state index in [2.05, 4.69) is 30.8 Å². The van der Waals surface area contributed by atoms with E-state index in [4.69, 9.17) is 11.6 Å². The minimum absolute atomic E-state index is 0.177. The lowest BCUT2D eigenvalue weighted by Crippen LogP contribution is -2.33. The highest BCUT2D eigenvalue weighted by atomic mass is 35.5. The quantitative estimate of drug-likeness (QED) is 0.676. The number of carbonyl (C=O) groups excluding carboxylic acids is 1. The van der Waals surface area contributed by atoms with Gasteiger partial charge >= 0.3 is 0 Å². The van der Waals surface area contributed by atoms with Gasteiger partial charge in [0.15, 0.2) is 0 Å². The van der Waals surface area contributed by atoms with E-state index >= 15 is 0 Å². The fourth-order valence-electron chi connectivity index (χ4n) is 3.09. The number of hydrogen-bond donors (Lipinski definition) is 3. The highest BCUT2D eigenvalue weighted by Crippen LogP contribution is 2.23. The first-order valence-corrected chi connectivity index (χ1v) is 9.53. The van der Waals surface area contributed by atoms with Crippen LogP contribution in [-0.4, -0.2) is 54.0 Å². The number of nitrogens with zero attached hydrogens (tertiary/aromatic N) is 3. The first kappa shape index (κ1) is 19.4. The van der Waals surface area contributed by atoms with Crippen LogP contribution in [0, 0.1) is 6.92 Å². The second kappa shape index (κ2) is 9.01. The van der Waals surface area contributed by atoms with Crippen LogP contribution in [0.15, 0.2) is 24.3 Å². The van der Waals surface area contributed by atoms with E-state index in [9.17, 15) is 4.79 Å². The number of halogens is 1. The standard InChI is InChI=1S/C19H25ClN6O/c1-13-11-17(21-2)25-19(23-13)24-14-5-6-16(20)15(12-14)18(27)22-7-10-26-8-3-4-9-26/h5-6,11-12H,3-4,7-10H2,1-2H3,(H,22,27)(H2,21,23,24,25). The lowest BCUT2D eigenvalue weighted by Gasteiger charge is -2.15. The van der Waals surface area contributed by atoms with Gasteiger partial charge in [0, 0.05) is 37.6 Å². The van der Waals surface area contributed by atoms with Crippen molar-refractivity contribution in [3.05, 3.63) is 40.5 Å². The Labute approximate surface area is 164 Å². The Morgan fingerprint density at radius 2 is 2.00 bits per heavy atom. The van der Waals surface area contributed by atoms with Crippen molar-refractivity contribution in [3.63, 3.8) is 0 Å². The van der Waals surface area contributed by atoms with Crippen molar-refractivity contribution < 1.29 is 4.79 Å². The molecule has 144 valence electrons. The average molecular weight is 389 g/mol. The topological polar surface area (TPSA) is 82.2 Å². The highest BCUT2D eigenvalue weighted by molar-refractivity contribution is 6.34. The molecule has 1 amide bonds. The van der Waals surface area contributed by atoms with Gasteiger partial charge in [0.2, 0.25) is 5.95 Å². The zero-order valence-corrected chi connectivity index (χ0v) is 16.4. The van der Waals surface area contributed by atoms with E-state index in [0.717, 1.165) is 31.1 Å². The van der Waals surface area contributed by atoms with Crippen LogP contribution in [0.1, 0.15) is 28.9 Å². The summed E-state index contributed by atoms with van der Waals surface area (Å²) in [6.07, 6.45) is 2.48. The first-order valence-electron chi connectivity index (χ1n) is 9.16. The molecule has 2 aromatic rings. The minimum Gasteiger partial charge on any atom is -0.373 e. The molecule has 1 fully saturated rings. The predicted molar refractivity (Wildman–Crippen MR) is 109 cm³/mol. The first-order chi connectivity index (χ1) is 13.0. The lowest BCUT2D eigenvalue weighted by molar-refractivity contribution is 0.0950. The van der Waals surface area contributed by atoms with E-state index in [1.165, 1.54) is 12.8 Å². The number of aromatic nitrogens is 2. The van der Waals surface area contributed by atoms with Gasteiger partial charge in [0.1, 0.15) is 5.82 Å². The minimum atomic E-state index is -0.177. The Morgan fingerprint density at radius 3 is 2.74 bits per heavy atom. The van der Waals surface area contributed by atoms with Crippen molar-refractivity contribution in [2.24, 2.45) is 0 Å². The molecular weight excluding hydrogens is 364 g/mol. The summed E-state index contributed by atoms with van der Waals surface area (Å²) in [7, 11) is 1.80. The Kier molecular flexibility index (Phi) is 6.47. The molecule has 0 saturated carbocycles. The van der Waals surface area contributed by atoms with E-state index in [-0.39, 0.29) is 5.91 Å². The van der Waals surface area contributed by atoms with Crippen molar-refractivity contribution in [2.75, 3.05) is 43.9 Å². The molecule has 2 heterocycles. The van der Waals surface area contributed by atoms with Crippen LogP contribution in [0.3, 0.4) is 0 Å². The number of nitrogens with one attached hydrogen (secondary N) is 3. The zero-order chi connectivity index (χ0) is 19.2. The largest absolute Gasteiger partial charge is 0.373 e. The van der Waals surface area contributed by atoms with E-state index in [0.29, 0.717) is 28.8 Å². The Hall–Kier alpha value is -2.38. The molecule has 3 N–H and O–H groups in total. The summed E-state index contributed by atoms with van der Waals surface area (Å²) in [5.74, 6) is 1.00. The summed E-state index contributed by atoms with van der Waals surface area (Å²) in [5, 5.41) is 9.50. The molecule has 1 saturated heterocycles. The number of anilines is 3. The van der Waals surface area contributed by atoms with Crippen LogP contribution in [0.2, 0.25) is 5.02 Å². The van der Waals surface area contributed by atoms with Gasteiger partial charge in [-0.3, -0.25) is 4.79 Å². The number of amides is 1. The number of likely N-dealkylation sites (tertiary alicyclic amines) is 1. The Morgan fingerprint density at radius 1 is 1.22 bits per heavy atom. The van der Waals surface area contributed by atoms with Gasteiger partial charge in [0.25, 0.3) is 5.91 Å². The Bertz CT molecular complexity index is 807. The van der Waals surface area contributed by atoms with Gasteiger partial charge < -0.3 is 20.9 Å². The number of carbonyl (C=O) groups is 1. The third-order valence-corrected chi connectivity index (χ3v) is 4.82. The summed E-state index contributed by atoms with van der Waals surface area (Å²) in [6, 6.07) is 7.08. The molecule has 8 heteroatoms. The third-order valence-electron chi connectivity index (χ3n) is 4.49. The van der Waals surface area contributed by atoms with Crippen LogP contribution >= 0.6 is 11.6 Å². The smallest absolute Gasteiger partial charge is 0.252 e. The van der Waals surface area contributed by atoms with Gasteiger partial charge in [-0.25, -0.2) is 4.98 Å². The molecule has 0 bridgehead atoms. The molecular formula is C19H25ClN6O. The molecule has 0 radical (unpaired) electrons. The average Bonchev–Trinajstić information content (AvgIpc) is 3.16. The van der Waals surface area contributed by atoms with Crippen LogP contribution < -0.4 is 16.0 Å². The van der Waals surface area contributed by atoms with Crippen molar-refractivity contribution in [2.45, 2.75) is 19.8 Å². The molecule has 0 atom stereocenters. The van der Waals surface area contributed by atoms with Gasteiger partial charge in [-0.15, -0.1) is 0 Å². The highest BCUT2D eigenvalue weighted by Gasteiger charge is 2.14. The van der Waals surface area contributed by atoms with Crippen molar-refractivity contribution in [1.29, 1.82) is 0 Å². The van der Waals surface area contributed by atoms with Gasteiger partial charge in [-0.1, -0.05) is 11.6 Å². The van der Waals surface area contributed by atoms with Crippen LogP contribution in [0.25, 0.3) is 0 Å². The lowest BCUT2D eigenvalue weighted by atomic mass is 10.2. The van der Waals surface area contributed by atoms with E-state index < -0.39 is 0 Å². The number of benzene rings is 1. The van der Waals surface area contributed by atoms with Crippen LogP contribution in [-0.2, 0) is 0 Å². The molecule has 3 rings (SSSR count). The van der Waals surface area contributed by atoms with Gasteiger partial charge in [-0.2, -0.15) is 4.98 Å². The molecule has 0 aliphatic carbocycles. The molecule has 0 spiro atoms. The molecule has 1 aliphatic rings. The number of rotatable bonds is 7. The van der Waals surface area contributed by atoms with Crippen molar-refractivity contribution in [1.82, 2.24) is 20.2 Å². The molecule has 0 unspecified atom stereocenters. The van der Waals surface area contributed by atoms with Crippen LogP contribution in [0.4, 0.5) is 17.5 Å². The van der Waals surface area contributed by atoms with E-state index in [1.54, 1.807) is 25.2 Å². The van der Waals surface area contributed by atoms with E-state index in [1.807, 2.05) is 13.0 Å². The van der Waals surface area contributed by atoms with Crippen molar-refractivity contribution in [3.8, 4) is 0 Å². The monoisotopic (exact) mass is 388 g/mol. The zero-order valence-electron chi connectivity index (χ0n) is 15.7. The van der Waals surface area contributed by atoms with Crippen LogP contribution in [0.5, 0.6) is 0 Å². The number of aryl methyl sites for hydroxylation is 1. The maximum Gasteiger partial charge on any atom is 0.252 e. The summed E-state index contributed by atoms with van der Waals surface area (Å²) in [4.78, 5) is 23.6. The fourth-order valence-corrected chi connectivity index (χ4v) is 3.29. The third kappa shape index (κ3) is 5.30. The molecule has 1 aromatic carbocycles. The maximum absolute atomic E-state index is 12.5. The van der Waals surface area contributed by atoms with Gasteiger partial charge in [0.05, 0.1) is 10.6 Å². The predicted octanol–water partition coefficient (Wildman–Crippen LogP) is 3.05. The molecule has 1 aromatic heterocycles. The SMILES string of the molecule is CNc1cc(C)nc(Nc2ccc(Cl)c(C(=O)NCCN3CCCC3)c2)n1. The molecule has 1 aliphatic heterocycles. The molecule has 27 heavy (non-hydrogen) atoms. The van der Waals surface area contributed by atoms with Crippen molar-refractivity contribution >= 4 is 35.0 Å². The second-order valence-corrected chi connectivity index (χ2v) is 7.00. The summed E-state index contributed by atoms with van der Waals surface area (Å²) >= 11 is 6.23. The second-order valence-electron chi connectivity index (χ2n) is 6.59. The Balaban J connectivity index is 1.66. The summed E-state index contributed by atoms with van der Waals surface area (Å²) in [6.45, 7) is 5.60. The normalized spacial score (nSPS) is 14.2. The maximum atomic E-state index is 12.5. The fraction of sp³-hybridized carbons (Fsp3) is 0.421. The summed E-state index contributed by atoms with van der Waals surface area (Å²) in [5.41, 5.74) is 1.98.